The molecule has 1 atom stereocenters. The highest BCUT2D eigenvalue weighted by atomic mass is 127. The van der Waals surface area contributed by atoms with E-state index in [1.165, 1.54) is 0 Å². The molecule has 0 saturated carbocycles. The van der Waals surface area contributed by atoms with Gasteiger partial charge in [-0.2, -0.15) is 0 Å². The maximum atomic E-state index is 11.9. The highest BCUT2D eigenvalue weighted by Crippen LogP contribution is 2.30. The standard InChI is InChI=1S/C13H12INO3/c1-2-8-5-12(16)15(7-8)11-6-9(13(17)18)3-4-10(11)14/h2-4,6,8H,1,5,7H2,(H,17,18). The summed E-state index contributed by atoms with van der Waals surface area (Å²) in [7, 11) is 0. The molecule has 1 N–H and O–H groups in total. The third kappa shape index (κ3) is 2.40. The SMILES string of the molecule is C=CC1CC(=O)N(c2cc(C(=O)O)ccc2I)C1. The van der Waals surface area contributed by atoms with E-state index in [1.54, 1.807) is 29.2 Å². The van der Waals surface area contributed by atoms with Crippen LogP contribution in [0.15, 0.2) is 30.9 Å². The summed E-state index contributed by atoms with van der Waals surface area (Å²) in [6.45, 7) is 4.27. The van der Waals surface area contributed by atoms with Gasteiger partial charge in [0.15, 0.2) is 0 Å². The number of carboxylic acid groups (broad SMARTS) is 1. The zero-order valence-electron chi connectivity index (χ0n) is 9.60. The summed E-state index contributed by atoms with van der Waals surface area (Å²) in [6, 6.07) is 4.81. The molecule has 1 aliphatic heterocycles. The third-order valence-corrected chi connectivity index (χ3v) is 3.88. The number of hydrogen-bond acceptors (Lipinski definition) is 2. The Morgan fingerprint density at radius 2 is 2.28 bits per heavy atom. The summed E-state index contributed by atoms with van der Waals surface area (Å²) < 4.78 is 0.871. The van der Waals surface area contributed by atoms with Crippen LogP contribution in [0.4, 0.5) is 5.69 Å². The van der Waals surface area contributed by atoms with Crippen molar-refractivity contribution in [3.63, 3.8) is 0 Å². The lowest BCUT2D eigenvalue weighted by molar-refractivity contribution is -0.117. The zero-order valence-corrected chi connectivity index (χ0v) is 11.8. The lowest BCUT2D eigenvalue weighted by Gasteiger charge is -2.18. The highest BCUT2D eigenvalue weighted by Gasteiger charge is 2.30. The monoisotopic (exact) mass is 357 g/mol. The van der Waals surface area contributed by atoms with Crippen molar-refractivity contribution in [3.8, 4) is 0 Å². The Kier molecular flexibility index (Phi) is 3.70. The molecule has 0 bridgehead atoms. The predicted octanol–water partition coefficient (Wildman–Crippen LogP) is 2.53. The van der Waals surface area contributed by atoms with Gasteiger partial charge < -0.3 is 10.0 Å². The van der Waals surface area contributed by atoms with Crippen molar-refractivity contribution in [1.82, 2.24) is 0 Å². The van der Waals surface area contributed by atoms with Crippen molar-refractivity contribution in [2.45, 2.75) is 6.42 Å². The van der Waals surface area contributed by atoms with Gasteiger partial charge in [0.2, 0.25) is 5.91 Å². The largest absolute Gasteiger partial charge is 0.478 e. The highest BCUT2D eigenvalue weighted by molar-refractivity contribution is 14.1. The molecule has 0 aliphatic carbocycles. The van der Waals surface area contributed by atoms with E-state index in [9.17, 15) is 9.59 Å². The molecule has 94 valence electrons. The van der Waals surface area contributed by atoms with Gasteiger partial charge in [0.1, 0.15) is 0 Å². The molecule has 1 saturated heterocycles. The van der Waals surface area contributed by atoms with E-state index in [4.69, 9.17) is 5.11 Å². The van der Waals surface area contributed by atoms with Crippen molar-refractivity contribution in [2.24, 2.45) is 5.92 Å². The van der Waals surface area contributed by atoms with Gasteiger partial charge in [0, 0.05) is 22.5 Å². The number of rotatable bonds is 3. The van der Waals surface area contributed by atoms with E-state index in [1.807, 2.05) is 0 Å². The minimum Gasteiger partial charge on any atom is -0.478 e. The number of benzene rings is 1. The number of anilines is 1. The minimum atomic E-state index is -0.987. The molecule has 4 nitrogen and oxygen atoms in total. The third-order valence-electron chi connectivity index (χ3n) is 2.97. The first-order valence-electron chi connectivity index (χ1n) is 5.48. The van der Waals surface area contributed by atoms with E-state index in [0.29, 0.717) is 18.7 Å². The molecule has 1 aromatic carbocycles. The van der Waals surface area contributed by atoms with E-state index >= 15 is 0 Å². The smallest absolute Gasteiger partial charge is 0.335 e. The summed E-state index contributed by atoms with van der Waals surface area (Å²) in [5, 5.41) is 8.98. The fourth-order valence-electron chi connectivity index (χ4n) is 1.98. The number of halogens is 1. The summed E-state index contributed by atoms with van der Waals surface area (Å²) in [5.41, 5.74) is 0.866. The van der Waals surface area contributed by atoms with Crippen molar-refractivity contribution in [3.05, 3.63) is 40.0 Å². The Morgan fingerprint density at radius 1 is 1.56 bits per heavy atom. The van der Waals surface area contributed by atoms with Gasteiger partial charge in [0.05, 0.1) is 11.3 Å². The van der Waals surface area contributed by atoms with Gasteiger partial charge >= 0.3 is 5.97 Å². The van der Waals surface area contributed by atoms with Crippen LogP contribution in [0.1, 0.15) is 16.8 Å². The van der Waals surface area contributed by atoms with Crippen molar-refractivity contribution in [2.75, 3.05) is 11.4 Å². The molecule has 1 heterocycles. The van der Waals surface area contributed by atoms with E-state index < -0.39 is 5.97 Å². The van der Waals surface area contributed by atoms with Crippen LogP contribution in [0.5, 0.6) is 0 Å². The first kappa shape index (κ1) is 13.1. The molecule has 0 aromatic heterocycles. The molecular weight excluding hydrogens is 345 g/mol. The number of carbonyl (C=O) groups excluding carboxylic acids is 1. The zero-order chi connectivity index (χ0) is 13.3. The normalized spacial score (nSPS) is 19.1. The number of hydrogen-bond donors (Lipinski definition) is 1. The second kappa shape index (κ2) is 5.09. The lowest BCUT2D eigenvalue weighted by Crippen LogP contribution is -2.25. The van der Waals surface area contributed by atoms with Gasteiger partial charge in [-0.05, 0) is 40.8 Å². The van der Waals surface area contributed by atoms with Crippen LogP contribution >= 0.6 is 22.6 Å². The van der Waals surface area contributed by atoms with Crippen molar-refractivity contribution < 1.29 is 14.7 Å². The van der Waals surface area contributed by atoms with E-state index in [2.05, 4.69) is 29.2 Å². The van der Waals surface area contributed by atoms with Gasteiger partial charge in [-0.1, -0.05) is 6.08 Å². The van der Waals surface area contributed by atoms with Crippen LogP contribution in [0.3, 0.4) is 0 Å². The fraction of sp³-hybridized carbons (Fsp3) is 0.231. The molecule has 1 unspecified atom stereocenters. The number of carboxylic acids is 1. The van der Waals surface area contributed by atoms with Gasteiger partial charge in [-0.3, -0.25) is 4.79 Å². The summed E-state index contributed by atoms with van der Waals surface area (Å²) in [5.74, 6) is -0.832. The Morgan fingerprint density at radius 3 is 2.83 bits per heavy atom. The first-order chi connectivity index (χ1) is 8.52. The number of carbonyl (C=O) groups is 2. The molecule has 0 spiro atoms. The van der Waals surface area contributed by atoms with Crippen LogP contribution in [0.2, 0.25) is 0 Å². The van der Waals surface area contributed by atoms with Gasteiger partial charge in [0.25, 0.3) is 0 Å². The molecule has 1 amide bonds. The maximum Gasteiger partial charge on any atom is 0.335 e. The summed E-state index contributed by atoms with van der Waals surface area (Å²) in [4.78, 5) is 24.5. The molecular formula is C13H12INO3. The van der Waals surface area contributed by atoms with Gasteiger partial charge in [-0.15, -0.1) is 6.58 Å². The molecule has 5 heteroatoms. The predicted molar refractivity (Wildman–Crippen MR) is 76.8 cm³/mol. The van der Waals surface area contributed by atoms with Crippen LogP contribution in [-0.4, -0.2) is 23.5 Å². The minimum absolute atomic E-state index is 0.0142. The fourth-order valence-corrected chi connectivity index (χ4v) is 2.61. The molecule has 1 aliphatic rings. The molecule has 1 aromatic rings. The number of amides is 1. The van der Waals surface area contributed by atoms with Gasteiger partial charge in [-0.25, -0.2) is 4.79 Å². The second-order valence-corrected chi connectivity index (χ2v) is 5.34. The second-order valence-electron chi connectivity index (χ2n) is 4.18. The maximum absolute atomic E-state index is 11.9. The molecule has 18 heavy (non-hydrogen) atoms. The number of aromatic carboxylic acids is 1. The van der Waals surface area contributed by atoms with E-state index in [0.717, 1.165) is 3.57 Å². The Hall–Kier alpha value is -1.37. The average molecular weight is 357 g/mol. The quantitative estimate of drug-likeness (QED) is 0.668. The Bertz CT molecular complexity index is 527. The van der Waals surface area contributed by atoms with Crippen molar-refractivity contribution in [1.29, 1.82) is 0 Å². The van der Waals surface area contributed by atoms with Crippen LogP contribution < -0.4 is 4.90 Å². The molecule has 1 fully saturated rings. The Labute approximate surface area is 118 Å². The van der Waals surface area contributed by atoms with Crippen LogP contribution in [-0.2, 0) is 4.79 Å². The van der Waals surface area contributed by atoms with Crippen LogP contribution in [0, 0.1) is 9.49 Å². The molecule has 0 radical (unpaired) electrons. The topological polar surface area (TPSA) is 57.6 Å². The van der Waals surface area contributed by atoms with E-state index in [-0.39, 0.29) is 17.4 Å². The Balaban J connectivity index is 2.38. The molecule has 2 rings (SSSR count). The van der Waals surface area contributed by atoms with Crippen molar-refractivity contribution >= 4 is 40.2 Å². The summed E-state index contributed by atoms with van der Waals surface area (Å²) in [6.07, 6.45) is 2.21. The lowest BCUT2D eigenvalue weighted by atomic mass is 10.1. The summed E-state index contributed by atoms with van der Waals surface area (Å²) >= 11 is 2.11. The number of nitrogens with zero attached hydrogens (tertiary/aromatic N) is 1. The first-order valence-corrected chi connectivity index (χ1v) is 6.56. The average Bonchev–Trinajstić information content (AvgIpc) is 2.71. The van der Waals surface area contributed by atoms with Crippen LogP contribution in [0.25, 0.3) is 0 Å².